The maximum atomic E-state index is 10.7. The fraction of sp³-hybridized carbons (Fsp3) is 0.458. The second kappa shape index (κ2) is 8.89. The average molecular weight is 379 g/mol. The first-order chi connectivity index (χ1) is 13.7. The third-order valence-electron chi connectivity index (χ3n) is 5.75. The molecule has 2 aromatic carbocycles. The Labute approximate surface area is 167 Å². The van der Waals surface area contributed by atoms with Crippen molar-refractivity contribution in [1.82, 2.24) is 9.55 Å². The van der Waals surface area contributed by atoms with E-state index in [1.165, 1.54) is 37.7 Å². The van der Waals surface area contributed by atoms with Crippen LogP contribution in [-0.4, -0.2) is 27.4 Å². The summed E-state index contributed by atoms with van der Waals surface area (Å²) < 4.78 is 8.01. The van der Waals surface area contributed by atoms with E-state index in [-0.39, 0.29) is 0 Å². The molecule has 1 aromatic heterocycles. The fourth-order valence-corrected chi connectivity index (χ4v) is 4.22. The number of fused-ring (bicyclic) bond motifs is 1. The van der Waals surface area contributed by atoms with Gasteiger partial charge in [0.2, 0.25) is 0 Å². The summed E-state index contributed by atoms with van der Waals surface area (Å²) in [5.74, 6) is 1.64. The number of hydrogen-bond donors (Lipinski definition) is 1. The van der Waals surface area contributed by atoms with Crippen LogP contribution in [0.5, 0.6) is 0 Å². The molecule has 0 amide bonds. The molecule has 1 fully saturated rings. The number of ether oxygens (including phenoxy) is 1. The van der Waals surface area contributed by atoms with Crippen molar-refractivity contribution < 1.29 is 9.84 Å². The molecule has 1 N–H and O–H groups in total. The molecule has 1 heterocycles. The Morgan fingerprint density at radius 2 is 1.82 bits per heavy atom. The van der Waals surface area contributed by atoms with Gasteiger partial charge in [0.1, 0.15) is 5.82 Å². The van der Waals surface area contributed by atoms with Crippen LogP contribution in [0.15, 0.2) is 48.5 Å². The van der Waals surface area contributed by atoms with Gasteiger partial charge in [-0.05, 0) is 37.5 Å². The smallest absolute Gasteiger partial charge is 0.113 e. The molecule has 0 bridgehead atoms. The molecule has 0 radical (unpaired) electrons. The lowest BCUT2D eigenvalue weighted by atomic mass is 9.88. The summed E-state index contributed by atoms with van der Waals surface area (Å²) in [4.78, 5) is 4.94. The molecule has 4 nitrogen and oxygen atoms in total. The normalized spacial score (nSPS) is 16.5. The van der Waals surface area contributed by atoms with Gasteiger partial charge in [0.15, 0.2) is 0 Å². The monoisotopic (exact) mass is 378 g/mol. The SMILES string of the molecule is Cc1ccc(COCC(O)Cn2c(C3CCCCC3)nc3ccccc32)cc1. The molecule has 4 heteroatoms. The summed E-state index contributed by atoms with van der Waals surface area (Å²) in [6, 6.07) is 16.6. The number of hydrogen-bond acceptors (Lipinski definition) is 3. The standard InChI is InChI=1S/C24H30N2O2/c1-18-11-13-19(14-12-18)16-28-17-21(27)15-26-23-10-6-5-9-22(23)25-24(26)20-7-3-2-4-8-20/h5-6,9-14,20-21,27H,2-4,7-8,15-17H2,1H3. The van der Waals surface area contributed by atoms with Crippen LogP contribution >= 0.6 is 0 Å². The largest absolute Gasteiger partial charge is 0.389 e. The van der Waals surface area contributed by atoms with Gasteiger partial charge in [-0.25, -0.2) is 4.98 Å². The third-order valence-corrected chi connectivity index (χ3v) is 5.75. The summed E-state index contributed by atoms with van der Waals surface area (Å²) in [5.41, 5.74) is 4.51. The lowest BCUT2D eigenvalue weighted by Crippen LogP contribution is -2.24. The molecule has 3 aromatic rings. The predicted molar refractivity (Wildman–Crippen MR) is 112 cm³/mol. The lowest BCUT2D eigenvalue weighted by Gasteiger charge is -2.23. The molecule has 1 aliphatic rings. The topological polar surface area (TPSA) is 47.3 Å². The number of aryl methyl sites for hydroxylation is 1. The van der Waals surface area contributed by atoms with Crippen LogP contribution < -0.4 is 0 Å². The van der Waals surface area contributed by atoms with Gasteiger partial charge in [0, 0.05) is 5.92 Å². The van der Waals surface area contributed by atoms with Crippen molar-refractivity contribution >= 4 is 11.0 Å². The summed E-state index contributed by atoms with van der Waals surface area (Å²) in [7, 11) is 0. The first kappa shape index (κ1) is 19.2. The van der Waals surface area contributed by atoms with Crippen LogP contribution in [0.25, 0.3) is 11.0 Å². The van der Waals surface area contributed by atoms with Crippen LogP contribution in [0, 0.1) is 6.92 Å². The van der Waals surface area contributed by atoms with Crippen molar-refractivity contribution in [2.24, 2.45) is 0 Å². The van der Waals surface area contributed by atoms with Crippen LogP contribution in [0.3, 0.4) is 0 Å². The first-order valence-corrected chi connectivity index (χ1v) is 10.5. The Hall–Kier alpha value is -2.17. The van der Waals surface area contributed by atoms with Crippen molar-refractivity contribution in [3.63, 3.8) is 0 Å². The summed E-state index contributed by atoms with van der Waals surface area (Å²) in [6.07, 6.45) is 5.72. The van der Waals surface area contributed by atoms with E-state index in [0.29, 0.717) is 25.7 Å². The van der Waals surface area contributed by atoms with E-state index >= 15 is 0 Å². The maximum Gasteiger partial charge on any atom is 0.113 e. The van der Waals surface area contributed by atoms with E-state index in [9.17, 15) is 5.11 Å². The van der Waals surface area contributed by atoms with Gasteiger partial charge < -0.3 is 14.4 Å². The van der Waals surface area contributed by atoms with E-state index in [1.807, 2.05) is 12.1 Å². The van der Waals surface area contributed by atoms with E-state index in [4.69, 9.17) is 9.72 Å². The zero-order chi connectivity index (χ0) is 19.3. The highest BCUT2D eigenvalue weighted by molar-refractivity contribution is 5.76. The molecule has 0 saturated heterocycles. The molecule has 1 atom stereocenters. The zero-order valence-electron chi connectivity index (χ0n) is 16.7. The maximum absolute atomic E-state index is 10.7. The average Bonchev–Trinajstić information content (AvgIpc) is 3.09. The summed E-state index contributed by atoms with van der Waals surface area (Å²) in [6.45, 7) is 3.45. The number of para-hydroxylation sites is 2. The predicted octanol–water partition coefficient (Wildman–Crippen LogP) is 4.97. The molecular formula is C24H30N2O2. The number of rotatable bonds is 7. The molecule has 0 spiro atoms. The van der Waals surface area contributed by atoms with E-state index < -0.39 is 6.10 Å². The zero-order valence-corrected chi connectivity index (χ0v) is 16.7. The molecule has 1 aliphatic carbocycles. The quantitative estimate of drug-likeness (QED) is 0.631. The molecule has 28 heavy (non-hydrogen) atoms. The van der Waals surface area contributed by atoms with Gasteiger partial charge >= 0.3 is 0 Å². The second-order valence-electron chi connectivity index (χ2n) is 8.06. The molecule has 4 rings (SSSR count). The van der Waals surface area contributed by atoms with E-state index in [2.05, 4.69) is 47.9 Å². The fourth-order valence-electron chi connectivity index (χ4n) is 4.22. The minimum atomic E-state index is -0.551. The van der Waals surface area contributed by atoms with Crippen LogP contribution in [0.4, 0.5) is 0 Å². The number of nitrogens with zero attached hydrogens (tertiary/aromatic N) is 2. The van der Waals surface area contributed by atoms with Crippen LogP contribution in [0.1, 0.15) is 55.0 Å². The van der Waals surface area contributed by atoms with Gasteiger partial charge in [-0.15, -0.1) is 0 Å². The summed E-state index contributed by atoms with van der Waals surface area (Å²) >= 11 is 0. The number of aliphatic hydroxyl groups excluding tert-OH is 1. The Kier molecular flexibility index (Phi) is 6.08. The number of aromatic nitrogens is 2. The molecule has 1 saturated carbocycles. The minimum Gasteiger partial charge on any atom is -0.389 e. The molecule has 0 aliphatic heterocycles. The van der Waals surface area contributed by atoms with Crippen molar-refractivity contribution in [3.8, 4) is 0 Å². The van der Waals surface area contributed by atoms with Gasteiger partial charge in [-0.1, -0.05) is 61.2 Å². The molecular weight excluding hydrogens is 348 g/mol. The van der Waals surface area contributed by atoms with Crippen molar-refractivity contribution in [2.75, 3.05) is 6.61 Å². The van der Waals surface area contributed by atoms with Crippen LogP contribution in [-0.2, 0) is 17.9 Å². The van der Waals surface area contributed by atoms with Crippen molar-refractivity contribution in [3.05, 3.63) is 65.5 Å². The lowest BCUT2D eigenvalue weighted by molar-refractivity contribution is 0.0203. The third kappa shape index (κ3) is 4.45. The Bertz CT molecular complexity index is 895. The number of imidazole rings is 1. The van der Waals surface area contributed by atoms with Crippen molar-refractivity contribution in [2.45, 2.75) is 64.2 Å². The first-order valence-electron chi connectivity index (χ1n) is 10.5. The van der Waals surface area contributed by atoms with E-state index in [0.717, 1.165) is 22.4 Å². The Morgan fingerprint density at radius 3 is 2.61 bits per heavy atom. The summed E-state index contributed by atoms with van der Waals surface area (Å²) in [5, 5.41) is 10.7. The highest BCUT2D eigenvalue weighted by Gasteiger charge is 2.23. The molecule has 148 valence electrons. The Balaban J connectivity index is 1.44. The van der Waals surface area contributed by atoms with Gasteiger partial charge in [-0.3, -0.25) is 0 Å². The Morgan fingerprint density at radius 1 is 1.07 bits per heavy atom. The second-order valence-corrected chi connectivity index (χ2v) is 8.06. The highest BCUT2D eigenvalue weighted by Crippen LogP contribution is 2.34. The highest BCUT2D eigenvalue weighted by atomic mass is 16.5. The van der Waals surface area contributed by atoms with E-state index in [1.54, 1.807) is 0 Å². The molecule has 1 unspecified atom stereocenters. The van der Waals surface area contributed by atoms with Gasteiger partial charge in [0.05, 0.1) is 36.9 Å². The number of benzene rings is 2. The van der Waals surface area contributed by atoms with Crippen LogP contribution in [0.2, 0.25) is 0 Å². The van der Waals surface area contributed by atoms with Crippen molar-refractivity contribution in [1.29, 1.82) is 0 Å². The minimum absolute atomic E-state index is 0.324. The van der Waals surface area contributed by atoms with Gasteiger partial charge in [-0.2, -0.15) is 0 Å². The van der Waals surface area contributed by atoms with Gasteiger partial charge in [0.25, 0.3) is 0 Å². The number of aliphatic hydroxyl groups is 1.